The highest BCUT2D eigenvalue weighted by atomic mass is 16.1. The van der Waals surface area contributed by atoms with Crippen LogP contribution in [0, 0.1) is 5.41 Å². The van der Waals surface area contributed by atoms with Crippen molar-refractivity contribution in [3.63, 3.8) is 0 Å². The van der Waals surface area contributed by atoms with Crippen LogP contribution in [0.5, 0.6) is 0 Å². The summed E-state index contributed by atoms with van der Waals surface area (Å²) in [6.45, 7) is 8.35. The zero-order valence-electron chi connectivity index (χ0n) is 13.0. The first-order valence-corrected chi connectivity index (χ1v) is 7.65. The van der Waals surface area contributed by atoms with Crippen LogP contribution in [0.25, 0.3) is 0 Å². The van der Waals surface area contributed by atoms with Crippen LogP contribution in [0.3, 0.4) is 0 Å². The molecule has 0 saturated carbocycles. The van der Waals surface area contributed by atoms with Crippen molar-refractivity contribution in [3.8, 4) is 0 Å². The molecule has 0 aliphatic carbocycles. The van der Waals surface area contributed by atoms with Gasteiger partial charge in [-0.1, -0.05) is 71.2 Å². The summed E-state index contributed by atoms with van der Waals surface area (Å²) < 4.78 is 0. The molecule has 19 heavy (non-hydrogen) atoms. The maximum absolute atomic E-state index is 12.3. The van der Waals surface area contributed by atoms with Crippen LogP contribution in [-0.2, 0) is 6.42 Å². The SMILES string of the molecule is CCCCCCc1ccc(C(=O)C(C)(C)CC)cc1. The Labute approximate surface area is 118 Å². The average Bonchev–Trinajstić information content (AvgIpc) is 2.43. The number of carbonyl (C=O) groups is 1. The number of hydrogen-bond acceptors (Lipinski definition) is 1. The standard InChI is InChI=1S/C18H28O/c1-5-7-8-9-10-15-11-13-16(14-12-15)17(19)18(3,4)6-2/h11-14H,5-10H2,1-4H3. The summed E-state index contributed by atoms with van der Waals surface area (Å²) in [5, 5.41) is 0. The van der Waals surface area contributed by atoms with Gasteiger partial charge in [-0.15, -0.1) is 0 Å². The molecule has 1 heteroatoms. The van der Waals surface area contributed by atoms with Gasteiger partial charge in [-0.25, -0.2) is 0 Å². The van der Waals surface area contributed by atoms with Crippen LogP contribution >= 0.6 is 0 Å². The summed E-state index contributed by atoms with van der Waals surface area (Å²) in [4.78, 5) is 12.3. The third-order valence-electron chi connectivity index (χ3n) is 4.03. The van der Waals surface area contributed by atoms with Crippen molar-refractivity contribution in [2.45, 2.75) is 66.2 Å². The van der Waals surface area contributed by atoms with E-state index < -0.39 is 0 Å². The topological polar surface area (TPSA) is 17.1 Å². The maximum atomic E-state index is 12.3. The maximum Gasteiger partial charge on any atom is 0.168 e. The van der Waals surface area contributed by atoms with Gasteiger partial charge in [0.25, 0.3) is 0 Å². The Kier molecular flexibility index (Phi) is 6.27. The van der Waals surface area contributed by atoms with E-state index in [9.17, 15) is 4.79 Å². The number of hydrogen-bond donors (Lipinski definition) is 0. The van der Waals surface area contributed by atoms with E-state index in [0.29, 0.717) is 0 Å². The molecule has 0 aromatic heterocycles. The predicted octanol–water partition coefficient (Wildman–Crippen LogP) is 5.43. The van der Waals surface area contributed by atoms with Crippen LogP contribution in [0.15, 0.2) is 24.3 Å². The molecule has 0 N–H and O–H groups in total. The lowest BCUT2D eigenvalue weighted by atomic mass is 9.82. The van der Waals surface area contributed by atoms with Crippen molar-refractivity contribution in [2.75, 3.05) is 0 Å². The Morgan fingerprint density at radius 3 is 2.16 bits per heavy atom. The van der Waals surface area contributed by atoms with Crippen LogP contribution in [0.4, 0.5) is 0 Å². The lowest BCUT2D eigenvalue weighted by molar-refractivity contribution is 0.0833. The first kappa shape index (κ1) is 15.9. The second-order valence-corrected chi connectivity index (χ2v) is 6.07. The minimum absolute atomic E-state index is 0.247. The number of unbranched alkanes of at least 4 members (excludes halogenated alkanes) is 3. The van der Waals surface area contributed by atoms with E-state index in [2.05, 4.69) is 26.0 Å². The van der Waals surface area contributed by atoms with Gasteiger partial charge in [0.2, 0.25) is 0 Å². The van der Waals surface area contributed by atoms with Gasteiger partial charge in [-0.05, 0) is 24.8 Å². The van der Waals surface area contributed by atoms with E-state index in [-0.39, 0.29) is 11.2 Å². The molecule has 0 bridgehead atoms. The molecular weight excluding hydrogens is 232 g/mol. The van der Waals surface area contributed by atoms with Crippen molar-refractivity contribution in [2.24, 2.45) is 5.41 Å². The Morgan fingerprint density at radius 2 is 1.63 bits per heavy atom. The van der Waals surface area contributed by atoms with E-state index in [1.165, 1.54) is 31.2 Å². The van der Waals surface area contributed by atoms with Crippen molar-refractivity contribution < 1.29 is 4.79 Å². The summed E-state index contributed by atoms with van der Waals surface area (Å²) in [6.07, 6.45) is 7.17. The van der Waals surface area contributed by atoms with E-state index in [0.717, 1.165) is 18.4 Å². The summed E-state index contributed by atoms with van der Waals surface area (Å²) >= 11 is 0. The van der Waals surface area contributed by atoms with Gasteiger partial charge in [-0.3, -0.25) is 4.79 Å². The molecule has 0 aliphatic heterocycles. The predicted molar refractivity (Wildman–Crippen MR) is 82.7 cm³/mol. The lowest BCUT2D eigenvalue weighted by Gasteiger charge is -2.20. The molecule has 0 aliphatic rings. The number of ketones is 1. The summed E-state index contributed by atoms with van der Waals surface area (Å²) in [5.41, 5.74) is 1.95. The first-order valence-electron chi connectivity index (χ1n) is 7.65. The van der Waals surface area contributed by atoms with E-state index in [4.69, 9.17) is 0 Å². The quantitative estimate of drug-likeness (QED) is 0.450. The average molecular weight is 260 g/mol. The fraction of sp³-hybridized carbons (Fsp3) is 0.611. The van der Waals surface area contributed by atoms with Gasteiger partial charge in [-0.2, -0.15) is 0 Å². The Bertz CT molecular complexity index is 387. The molecule has 1 rings (SSSR count). The third kappa shape index (κ3) is 4.81. The molecule has 0 atom stereocenters. The highest BCUT2D eigenvalue weighted by Gasteiger charge is 2.26. The van der Waals surface area contributed by atoms with E-state index in [1.807, 2.05) is 26.0 Å². The molecule has 0 spiro atoms. The molecule has 1 aromatic rings. The van der Waals surface area contributed by atoms with Crippen molar-refractivity contribution >= 4 is 5.78 Å². The Balaban J connectivity index is 2.59. The second kappa shape index (κ2) is 7.47. The molecule has 0 fully saturated rings. The third-order valence-corrected chi connectivity index (χ3v) is 4.03. The number of Topliss-reactive ketones (excluding diaryl/α,β-unsaturated/α-hetero) is 1. The largest absolute Gasteiger partial charge is 0.294 e. The van der Waals surface area contributed by atoms with Crippen LogP contribution in [0.1, 0.15) is 75.7 Å². The normalized spacial score (nSPS) is 11.6. The summed E-state index contributed by atoms with van der Waals surface area (Å²) in [5.74, 6) is 0.257. The highest BCUT2D eigenvalue weighted by Crippen LogP contribution is 2.25. The second-order valence-electron chi connectivity index (χ2n) is 6.07. The zero-order chi connectivity index (χ0) is 14.3. The van der Waals surface area contributed by atoms with Gasteiger partial charge in [0, 0.05) is 11.0 Å². The van der Waals surface area contributed by atoms with Crippen molar-refractivity contribution in [3.05, 3.63) is 35.4 Å². The number of benzene rings is 1. The molecule has 106 valence electrons. The fourth-order valence-corrected chi connectivity index (χ4v) is 2.13. The molecule has 0 heterocycles. The summed E-state index contributed by atoms with van der Waals surface area (Å²) in [7, 11) is 0. The molecule has 0 amide bonds. The van der Waals surface area contributed by atoms with Crippen LogP contribution in [0.2, 0.25) is 0 Å². The molecular formula is C18H28O. The zero-order valence-corrected chi connectivity index (χ0v) is 13.0. The Hall–Kier alpha value is -1.11. The van der Waals surface area contributed by atoms with Gasteiger partial charge >= 0.3 is 0 Å². The van der Waals surface area contributed by atoms with Gasteiger partial charge in [0.1, 0.15) is 0 Å². The van der Waals surface area contributed by atoms with Gasteiger partial charge in [0.15, 0.2) is 5.78 Å². The molecule has 0 saturated heterocycles. The summed E-state index contributed by atoms with van der Waals surface area (Å²) in [6, 6.07) is 8.22. The van der Waals surface area contributed by atoms with Gasteiger partial charge < -0.3 is 0 Å². The van der Waals surface area contributed by atoms with E-state index >= 15 is 0 Å². The monoisotopic (exact) mass is 260 g/mol. The number of aryl methyl sites for hydroxylation is 1. The first-order chi connectivity index (χ1) is 9.01. The molecule has 0 radical (unpaired) electrons. The molecule has 1 aromatic carbocycles. The molecule has 1 nitrogen and oxygen atoms in total. The number of carbonyl (C=O) groups excluding carboxylic acids is 1. The van der Waals surface area contributed by atoms with Gasteiger partial charge in [0.05, 0.1) is 0 Å². The van der Waals surface area contributed by atoms with Crippen molar-refractivity contribution in [1.82, 2.24) is 0 Å². The highest BCUT2D eigenvalue weighted by molar-refractivity contribution is 6.00. The Morgan fingerprint density at radius 1 is 1.00 bits per heavy atom. The minimum Gasteiger partial charge on any atom is -0.294 e. The van der Waals surface area contributed by atoms with E-state index in [1.54, 1.807) is 0 Å². The smallest absolute Gasteiger partial charge is 0.168 e. The van der Waals surface area contributed by atoms with Crippen molar-refractivity contribution in [1.29, 1.82) is 0 Å². The minimum atomic E-state index is -0.247. The van der Waals surface area contributed by atoms with Crippen LogP contribution < -0.4 is 0 Å². The fourth-order valence-electron chi connectivity index (χ4n) is 2.13. The van der Waals surface area contributed by atoms with Crippen LogP contribution in [-0.4, -0.2) is 5.78 Å². The molecule has 0 unspecified atom stereocenters. The number of rotatable bonds is 8. The lowest BCUT2D eigenvalue weighted by Crippen LogP contribution is -2.23.